The second kappa shape index (κ2) is 8.96. The molecule has 0 aliphatic heterocycles. The van der Waals surface area contributed by atoms with Crippen LogP contribution in [0.2, 0.25) is 0 Å². The number of rotatable bonds is 5. The maximum atomic E-state index is 13.0. The number of para-hydroxylation sites is 2. The summed E-state index contributed by atoms with van der Waals surface area (Å²) in [6.45, 7) is 2.56. The molecule has 1 amide bonds. The van der Waals surface area contributed by atoms with Crippen molar-refractivity contribution in [1.29, 1.82) is 0 Å². The molecule has 0 aliphatic carbocycles. The number of thiocarbonyl (C=S) groups is 1. The molecule has 0 aliphatic rings. The largest absolute Gasteiger partial charge is 0.332 e. The van der Waals surface area contributed by atoms with Crippen LogP contribution in [-0.2, 0) is 0 Å². The molecule has 0 bridgehead atoms. The van der Waals surface area contributed by atoms with Gasteiger partial charge in [-0.25, -0.2) is 0 Å². The van der Waals surface area contributed by atoms with E-state index in [0.717, 1.165) is 17.1 Å². The highest BCUT2D eigenvalue weighted by Gasteiger charge is 2.16. The summed E-state index contributed by atoms with van der Waals surface area (Å²) in [4.78, 5) is 14.7. The SMILES string of the molecule is CCN(C(=O)c1cccc(NC(=S)Nc2ccccc2)c1)c1ccccc1. The summed E-state index contributed by atoms with van der Waals surface area (Å²) in [6.07, 6.45) is 0. The molecule has 136 valence electrons. The molecule has 5 heteroatoms. The van der Waals surface area contributed by atoms with Crippen LogP contribution in [0.4, 0.5) is 17.1 Å². The standard InChI is InChI=1S/C22H21N3OS/c1-2-25(20-14-7-4-8-15-20)21(26)17-10-9-13-19(16-17)24-22(27)23-18-11-5-3-6-12-18/h3-16H,2H2,1H3,(H2,23,24,27). The zero-order valence-electron chi connectivity index (χ0n) is 15.1. The third kappa shape index (κ3) is 4.92. The van der Waals surface area contributed by atoms with Crippen LogP contribution >= 0.6 is 12.2 Å². The first-order chi connectivity index (χ1) is 13.2. The van der Waals surface area contributed by atoms with Gasteiger partial charge in [-0.1, -0.05) is 42.5 Å². The fourth-order valence-corrected chi connectivity index (χ4v) is 2.99. The molecule has 3 aromatic rings. The molecular formula is C22H21N3OS. The van der Waals surface area contributed by atoms with Gasteiger partial charge in [-0.2, -0.15) is 0 Å². The Morgan fingerprint density at radius 3 is 2.11 bits per heavy atom. The van der Waals surface area contributed by atoms with E-state index < -0.39 is 0 Å². The summed E-state index contributed by atoms with van der Waals surface area (Å²) in [5.74, 6) is -0.0470. The molecule has 0 spiro atoms. The van der Waals surface area contributed by atoms with Gasteiger partial charge in [0.25, 0.3) is 5.91 Å². The van der Waals surface area contributed by atoms with Crippen molar-refractivity contribution in [3.05, 3.63) is 90.5 Å². The first-order valence-electron chi connectivity index (χ1n) is 8.77. The van der Waals surface area contributed by atoms with Gasteiger partial charge < -0.3 is 15.5 Å². The number of amides is 1. The molecule has 0 aromatic heterocycles. The Kier molecular flexibility index (Phi) is 6.18. The molecule has 0 unspecified atom stereocenters. The second-order valence-corrected chi connectivity index (χ2v) is 6.32. The third-order valence-corrected chi connectivity index (χ3v) is 4.23. The fraction of sp³-hybridized carbons (Fsp3) is 0.0909. The van der Waals surface area contributed by atoms with Crippen LogP contribution in [0.1, 0.15) is 17.3 Å². The van der Waals surface area contributed by atoms with E-state index in [-0.39, 0.29) is 5.91 Å². The number of hydrogen-bond acceptors (Lipinski definition) is 2. The van der Waals surface area contributed by atoms with E-state index in [0.29, 0.717) is 17.2 Å². The number of hydrogen-bond donors (Lipinski definition) is 2. The van der Waals surface area contributed by atoms with Crippen molar-refractivity contribution in [1.82, 2.24) is 0 Å². The van der Waals surface area contributed by atoms with Crippen molar-refractivity contribution in [3.63, 3.8) is 0 Å². The smallest absolute Gasteiger partial charge is 0.258 e. The van der Waals surface area contributed by atoms with Gasteiger partial charge >= 0.3 is 0 Å². The maximum Gasteiger partial charge on any atom is 0.258 e. The highest BCUT2D eigenvalue weighted by atomic mass is 32.1. The molecule has 3 aromatic carbocycles. The highest BCUT2D eigenvalue weighted by molar-refractivity contribution is 7.80. The van der Waals surface area contributed by atoms with Crippen molar-refractivity contribution in [2.24, 2.45) is 0 Å². The van der Waals surface area contributed by atoms with Gasteiger partial charge in [-0.05, 0) is 61.6 Å². The zero-order valence-corrected chi connectivity index (χ0v) is 15.9. The second-order valence-electron chi connectivity index (χ2n) is 5.91. The molecule has 0 fully saturated rings. The van der Waals surface area contributed by atoms with Gasteiger partial charge in [0, 0.05) is 29.2 Å². The highest BCUT2D eigenvalue weighted by Crippen LogP contribution is 2.19. The minimum atomic E-state index is -0.0470. The normalized spacial score (nSPS) is 10.1. The van der Waals surface area contributed by atoms with Crippen LogP contribution in [0.5, 0.6) is 0 Å². The van der Waals surface area contributed by atoms with Crippen LogP contribution in [-0.4, -0.2) is 17.6 Å². The predicted octanol–water partition coefficient (Wildman–Crippen LogP) is 5.16. The Hall–Kier alpha value is -3.18. The van der Waals surface area contributed by atoms with E-state index in [1.807, 2.05) is 91.9 Å². The molecule has 27 heavy (non-hydrogen) atoms. The molecule has 3 rings (SSSR count). The average Bonchev–Trinajstić information content (AvgIpc) is 2.70. The summed E-state index contributed by atoms with van der Waals surface area (Å²) in [6, 6.07) is 26.7. The minimum absolute atomic E-state index is 0.0470. The summed E-state index contributed by atoms with van der Waals surface area (Å²) < 4.78 is 0. The minimum Gasteiger partial charge on any atom is -0.332 e. The van der Waals surface area contributed by atoms with Crippen molar-refractivity contribution >= 4 is 40.3 Å². The molecule has 0 saturated carbocycles. The van der Waals surface area contributed by atoms with Gasteiger partial charge in [-0.3, -0.25) is 4.79 Å². The number of carbonyl (C=O) groups excluding carboxylic acids is 1. The summed E-state index contributed by atoms with van der Waals surface area (Å²) in [5.41, 5.74) is 3.15. The Labute approximate surface area is 164 Å². The van der Waals surface area contributed by atoms with Crippen LogP contribution < -0.4 is 15.5 Å². The third-order valence-electron chi connectivity index (χ3n) is 4.03. The zero-order chi connectivity index (χ0) is 19.1. The monoisotopic (exact) mass is 375 g/mol. The maximum absolute atomic E-state index is 13.0. The molecule has 0 saturated heterocycles. The van der Waals surface area contributed by atoms with E-state index in [1.54, 1.807) is 4.90 Å². The van der Waals surface area contributed by atoms with Crippen molar-refractivity contribution in [3.8, 4) is 0 Å². The van der Waals surface area contributed by atoms with Crippen molar-refractivity contribution in [2.45, 2.75) is 6.92 Å². The molecule has 0 heterocycles. The van der Waals surface area contributed by atoms with Gasteiger partial charge in [0.1, 0.15) is 0 Å². The summed E-state index contributed by atoms with van der Waals surface area (Å²) in [7, 11) is 0. The van der Waals surface area contributed by atoms with E-state index in [9.17, 15) is 4.79 Å². The van der Waals surface area contributed by atoms with Gasteiger partial charge in [0.15, 0.2) is 5.11 Å². The van der Waals surface area contributed by atoms with Crippen LogP contribution in [0.3, 0.4) is 0 Å². The number of anilines is 3. The lowest BCUT2D eigenvalue weighted by molar-refractivity contribution is 0.0988. The molecule has 0 radical (unpaired) electrons. The van der Waals surface area contributed by atoms with Crippen molar-refractivity contribution in [2.75, 3.05) is 22.1 Å². The van der Waals surface area contributed by atoms with Crippen LogP contribution in [0.15, 0.2) is 84.9 Å². The summed E-state index contributed by atoms with van der Waals surface area (Å²) in [5, 5.41) is 6.73. The van der Waals surface area contributed by atoms with E-state index in [1.165, 1.54) is 0 Å². The molecular weight excluding hydrogens is 354 g/mol. The van der Waals surface area contributed by atoms with Gasteiger partial charge in [0.05, 0.1) is 0 Å². The Morgan fingerprint density at radius 1 is 0.852 bits per heavy atom. The van der Waals surface area contributed by atoms with E-state index in [2.05, 4.69) is 10.6 Å². The van der Waals surface area contributed by atoms with Gasteiger partial charge in [0.2, 0.25) is 0 Å². The topological polar surface area (TPSA) is 44.4 Å². The quantitative estimate of drug-likeness (QED) is 0.605. The van der Waals surface area contributed by atoms with Gasteiger partial charge in [-0.15, -0.1) is 0 Å². The lowest BCUT2D eigenvalue weighted by atomic mass is 10.1. The number of nitrogens with zero attached hydrogens (tertiary/aromatic N) is 1. The average molecular weight is 375 g/mol. The number of nitrogens with one attached hydrogen (secondary N) is 2. The lowest BCUT2D eigenvalue weighted by Gasteiger charge is -2.21. The van der Waals surface area contributed by atoms with Crippen LogP contribution in [0.25, 0.3) is 0 Å². The molecule has 0 atom stereocenters. The Morgan fingerprint density at radius 2 is 1.44 bits per heavy atom. The van der Waals surface area contributed by atoms with Crippen LogP contribution in [0, 0.1) is 0 Å². The first kappa shape index (κ1) is 18.6. The predicted molar refractivity (Wildman–Crippen MR) is 117 cm³/mol. The lowest BCUT2D eigenvalue weighted by Crippen LogP contribution is -2.30. The Balaban J connectivity index is 1.73. The van der Waals surface area contributed by atoms with E-state index >= 15 is 0 Å². The number of carbonyl (C=O) groups is 1. The first-order valence-corrected chi connectivity index (χ1v) is 9.18. The fourth-order valence-electron chi connectivity index (χ4n) is 2.75. The van der Waals surface area contributed by atoms with E-state index in [4.69, 9.17) is 12.2 Å². The van der Waals surface area contributed by atoms with Crippen molar-refractivity contribution < 1.29 is 4.79 Å². The number of benzene rings is 3. The molecule has 4 nitrogen and oxygen atoms in total. The summed E-state index contributed by atoms with van der Waals surface area (Å²) >= 11 is 5.36. The molecule has 2 N–H and O–H groups in total. The Bertz CT molecular complexity index is 913.